The summed E-state index contributed by atoms with van der Waals surface area (Å²) in [5.74, 6) is 1.33. The summed E-state index contributed by atoms with van der Waals surface area (Å²) < 4.78 is 10.9. The van der Waals surface area contributed by atoms with E-state index in [0.29, 0.717) is 30.5 Å². The topological polar surface area (TPSA) is 101 Å². The number of carbonyl (C=O) groups is 1. The number of rotatable bonds is 8. The van der Waals surface area contributed by atoms with Crippen LogP contribution < -0.4 is 20.1 Å². The van der Waals surface area contributed by atoms with Gasteiger partial charge >= 0.3 is 0 Å². The summed E-state index contributed by atoms with van der Waals surface area (Å²) in [5, 5.41) is 16.5. The van der Waals surface area contributed by atoms with Gasteiger partial charge in [0.25, 0.3) is 5.91 Å². The van der Waals surface area contributed by atoms with Crippen molar-refractivity contribution in [1.82, 2.24) is 20.7 Å². The van der Waals surface area contributed by atoms with E-state index in [2.05, 4.69) is 26.0 Å². The van der Waals surface area contributed by atoms with Crippen LogP contribution in [0, 0.1) is 13.8 Å². The monoisotopic (exact) mass is 395 g/mol. The molecule has 152 valence electrons. The highest BCUT2D eigenvalue weighted by atomic mass is 16.5. The van der Waals surface area contributed by atoms with Gasteiger partial charge < -0.3 is 20.1 Å². The van der Waals surface area contributed by atoms with Crippen LogP contribution in [0.15, 0.2) is 36.4 Å². The van der Waals surface area contributed by atoms with Crippen LogP contribution in [0.2, 0.25) is 0 Å². The first-order valence-corrected chi connectivity index (χ1v) is 9.34. The highest BCUT2D eigenvalue weighted by Gasteiger charge is 2.17. The van der Waals surface area contributed by atoms with Crippen LogP contribution in [-0.4, -0.2) is 35.0 Å². The molecule has 0 aliphatic rings. The van der Waals surface area contributed by atoms with Crippen molar-refractivity contribution in [3.63, 3.8) is 0 Å². The molecule has 3 N–H and O–H groups in total. The van der Waals surface area contributed by atoms with E-state index in [1.165, 1.54) is 5.56 Å². The number of aryl methyl sites for hydroxylation is 2. The number of ether oxygens (including phenoxy) is 2. The maximum absolute atomic E-state index is 12.6. The van der Waals surface area contributed by atoms with E-state index in [-0.39, 0.29) is 11.6 Å². The second-order valence-electron chi connectivity index (χ2n) is 6.55. The SMILES string of the molecule is CCOc1cc(CNC(=O)c2n[nH]nc2Nc2ccc(C)c(C)c2)ccc1OC. The summed E-state index contributed by atoms with van der Waals surface area (Å²) in [4.78, 5) is 12.6. The van der Waals surface area contributed by atoms with Crippen molar-refractivity contribution in [2.75, 3.05) is 19.0 Å². The second kappa shape index (κ2) is 9.09. The fraction of sp³-hybridized carbons (Fsp3) is 0.286. The number of aromatic nitrogens is 3. The fourth-order valence-corrected chi connectivity index (χ4v) is 2.80. The van der Waals surface area contributed by atoms with Crippen LogP contribution in [0.1, 0.15) is 34.1 Å². The number of hydrogen-bond acceptors (Lipinski definition) is 6. The molecule has 1 heterocycles. The lowest BCUT2D eigenvalue weighted by Gasteiger charge is -2.11. The van der Waals surface area contributed by atoms with Gasteiger partial charge in [0.15, 0.2) is 23.0 Å². The molecule has 0 saturated heterocycles. The van der Waals surface area contributed by atoms with Gasteiger partial charge in [-0.2, -0.15) is 5.21 Å². The van der Waals surface area contributed by atoms with Crippen molar-refractivity contribution in [3.05, 3.63) is 58.8 Å². The normalized spacial score (nSPS) is 10.5. The molecule has 3 aromatic rings. The molecule has 2 aromatic carbocycles. The van der Waals surface area contributed by atoms with E-state index in [9.17, 15) is 4.79 Å². The third-order valence-corrected chi connectivity index (χ3v) is 4.51. The van der Waals surface area contributed by atoms with E-state index < -0.39 is 0 Å². The van der Waals surface area contributed by atoms with Gasteiger partial charge in [0.2, 0.25) is 0 Å². The summed E-state index contributed by atoms with van der Waals surface area (Å²) in [6.45, 7) is 6.83. The van der Waals surface area contributed by atoms with Gasteiger partial charge in [-0.25, -0.2) is 0 Å². The molecule has 8 heteroatoms. The van der Waals surface area contributed by atoms with Crippen LogP contribution in [0.25, 0.3) is 0 Å². The van der Waals surface area contributed by atoms with E-state index in [1.807, 2.05) is 57.2 Å². The molecule has 0 aliphatic carbocycles. The molecule has 0 atom stereocenters. The summed E-state index contributed by atoms with van der Waals surface area (Å²) in [6.07, 6.45) is 0. The molecule has 0 fully saturated rings. The molecule has 0 aliphatic heterocycles. The van der Waals surface area contributed by atoms with Crippen molar-refractivity contribution >= 4 is 17.4 Å². The molecular weight excluding hydrogens is 370 g/mol. The third kappa shape index (κ3) is 4.84. The lowest BCUT2D eigenvalue weighted by Crippen LogP contribution is -2.24. The van der Waals surface area contributed by atoms with Gasteiger partial charge in [-0.1, -0.05) is 12.1 Å². The Labute approximate surface area is 169 Å². The molecule has 0 saturated carbocycles. The Balaban J connectivity index is 1.68. The Hall–Kier alpha value is -3.55. The quantitative estimate of drug-likeness (QED) is 0.540. The fourth-order valence-electron chi connectivity index (χ4n) is 2.80. The minimum Gasteiger partial charge on any atom is -0.493 e. The third-order valence-electron chi connectivity index (χ3n) is 4.51. The lowest BCUT2D eigenvalue weighted by molar-refractivity contribution is 0.0946. The van der Waals surface area contributed by atoms with Gasteiger partial charge in [-0.05, 0) is 61.7 Å². The molecule has 8 nitrogen and oxygen atoms in total. The molecule has 0 bridgehead atoms. The maximum Gasteiger partial charge on any atom is 0.275 e. The zero-order valence-corrected chi connectivity index (χ0v) is 17.0. The minimum atomic E-state index is -0.334. The average Bonchev–Trinajstić information content (AvgIpc) is 3.17. The number of carbonyl (C=O) groups excluding carboxylic acids is 1. The Morgan fingerprint density at radius 1 is 1.07 bits per heavy atom. The number of aromatic amines is 1. The van der Waals surface area contributed by atoms with Crippen molar-refractivity contribution in [2.45, 2.75) is 27.3 Å². The zero-order chi connectivity index (χ0) is 20.8. The van der Waals surface area contributed by atoms with Gasteiger partial charge in [0, 0.05) is 12.2 Å². The van der Waals surface area contributed by atoms with Gasteiger partial charge in [0.1, 0.15) is 0 Å². The number of hydrogen-bond donors (Lipinski definition) is 3. The van der Waals surface area contributed by atoms with Crippen LogP contribution in [0.3, 0.4) is 0 Å². The number of benzene rings is 2. The molecular formula is C21H25N5O3. The van der Waals surface area contributed by atoms with Gasteiger partial charge in [-0.15, -0.1) is 10.2 Å². The smallest absolute Gasteiger partial charge is 0.275 e. The molecule has 0 unspecified atom stereocenters. The Kier molecular flexibility index (Phi) is 6.33. The number of H-pyrrole nitrogens is 1. The molecule has 1 amide bonds. The summed E-state index contributed by atoms with van der Waals surface area (Å²) >= 11 is 0. The summed E-state index contributed by atoms with van der Waals surface area (Å²) in [5.41, 5.74) is 4.26. The largest absolute Gasteiger partial charge is 0.493 e. The van der Waals surface area contributed by atoms with Crippen LogP contribution in [-0.2, 0) is 6.54 Å². The standard InChI is InChI=1S/C21H25N5O3/c1-5-29-18-11-15(7-9-17(18)28-4)12-22-21(27)19-20(25-26-24-19)23-16-8-6-13(2)14(3)10-16/h6-11H,5,12H2,1-4H3,(H,22,27)(H2,23,24,25,26). The number of anilines is 2. The Morgan fingerprint density at radius 2 is 1.90 bits per heavy atom. The number of amides is 1. The van der Waals surface area contributed by atoms with Crippen molar-refractivity contribution in [3.8, 4) is 11.5 Å². The van der Waals surface area contributed by atoms with Crippen LogP contribution >= 0.6 is 0 Å². The van der Waals surface area contributed by atoms with E-state index in [4.69, 9.17) is 9.47 Å². The van der Waals surface area contributed by atoms with E-state index in [1.54, 1.807) is 7.11 Å². The highest BCUT2D eigenvalue weighted by molar-refractivity contribution is 5.97. The van der Waals surface area contributed by atoms with Crippen molar-refractivity contribution in [1.29, 1.82) is 0 Å². The van der Waals surface area contributed by atoms with E-state index >= 15 is 0 Å². The first-order chi connectivity index (χ1) is 14.0. The first kappa shape index (κ1) is 20.2. The summed E-state index contributed by atoms with van der Waals surface area (Å²) in [6, 6.07) is 11.5. The molecule has 0 spiro atoms. The Bertz CT molecular complexity index is 1000. The maximum atomic E-state index is 12.6. The minimum absolute atomic E-state index is 0.196. The second-order valence-corrected chi connectivity index (χ2v) is 6.55. The molecule has 1 aromatic heterocycles. The number of methoxy groups -OCH3 is 1. The Morgan fingerprint density at radius 3 is 2.62 bits per heavy atom. The zero-order valence-electron chi connectivity index (χ0n) is 17.0. The van der Waals surface area contributed by atoms with Gasteiger partial charge in [-0.3, -0.25) is 4.79 Å². The van der Waals surface area contributed by atoms with Crippen molar-refractivity contribution in [2.24, 2.45) is 0 Å². The van der Waals surface area contributed by atoms with Crippen molar-refractivity contribution < 1.29 is 14.3 Å². The molecule has 3 rings (SSSR count). The predicted octanol–water partition coefficient (Wildman–Crippen LogP) is 3.50. The number of nitrogens with zero attached hydrogens (tertiary/aromatic N) is 2. The average molecular weight is 395 g/mol. The first-order valence-electron chi connectivity index (χ1n) is 9.34. The van der Waals surface area contributed by atoms with Crippen LogP contribution in [0.4, 0.5) is 11.5 Å². The molecule has 0 radical (unpaired) electrons. The molecule has 29 heavy (non-hydrogen) atoms. The summed E-state index contributed by atoms with van der Waals surface area (Å²) in [7, 11) is 1.59. The van der Waals surface area contributed by atoms with Crippen LogP contribution in [0.5, 0.6) is 11.5 Å². The predicted molar refractivity (Wildman–Crippen MR) is 111 cm³/mol. The van der Waals surface area contributed by atoms with Gasteiger partial charge in [0.05, 0.1) is 13.7 Å². The highest BCUT2D eigenvalue weighted by Crippen LogP contribution is 2.28. The lowest BCUT2D eigenvalue weighted by atomic mass is 10.1. The number of nitrogens with one attached hydrogen (secondary N) is 3. The van der Waals surface area contributed by atoms with E-state index in [0.717, 1.165) is 16.8 Å².